The molecule has 0 spiro atoms. The van der Waals surface area contributed by atoms with Gasteiger partial charge >= 0.3 is 17.9 Å². The summed E-state index contributed by atoms with van der Waals surface area (Å²) in [5.41, 5.74) is -5.45. The largest absolute Gasteiger partial charge is 0.469 e. The van der Waals surface area contributed by atoms with Crippen LogP contribution in [0.1, 0.15) is 59.8 Å². The highest BCUT2D eigenvalue weighted by Crippen LogP contribution is 2.72. The van der Waals surface area contributed by atoms with Crippen molar-refractivity contribution in [3.63, 3.8) is 0 Å². The number of alkyl halides is 1. The van der Waals surface area contributed by atoms with Crippen molar-refractivity contribution in [1.82, 2.24) is 0 Å². The number of ether oxygens (including phenoxy) is 3. The van der Waals surface area contributed by atoms with E-state index in [1.54, 1.807) is 19.9 Å². The molecule has 7 atom stereocenters. The van der Waals surface area contributed by atoms with Gasteiger partial charge in [0.05, 0.1) is 13.0 Å². The van der Waals surface area contributed by atoms with E-state index >= 15 is 4.39 Å². The lowest BCUT2D eigenvalue weighted by atomic mass is 9.42. The average molecular weight is 505 g/mol. The first-order valence-electron chi connectivity index (χ1n) is 12.3. The number of hydrogen-bond donors (Lipinski definition) is 0. The SMILES string of the molecule is COC(=O)[C@@H]1C[C@@]2(C)[C@@H](CC[C@]2(OC(C)=O)C(=O)COC(C)=O)[C@H]2CCC3=CC(=O)C=C[C@]3(C)[C@]21F. The van der Waals surface area contributed by atoms with E-state index in [-0.39, 0.29) is 18.6 Å². The molecule has 0 amide bonds. The maximum atomic E-state index is 17.8. The Labute approximate surface area is 209 Å². The summed E-state index contributed by atoms with van der Waals surface area (Å²) >= 11 is 0. The summed E-state index contributed by atoms with van der Waals surface area (Å²) in [6.45, 7) is 5.26. The molecule has 0 aliphatic heterocycles. The zero-order valence-electron chi connectivity index (χ0n) is 21.4. The van der Waals surface area contributed by atoms with E-state index in [0.717, 1.165) is 0 Å². The van der Waals surface area contributed by atoms with E-state index in [2.05, 4.69) is 0 Å². The van der Waals surface area contributed by atoms with Gasteiger partial charge in [0.25, 0.3) is 0 Å². The number of methoxy groups -OCH3 is 1. The second-order valence-corrected chi connectivity index (χ2v) is 11.0. The van der Waals surface area contributed by atoms with Gasteiger partial charge in [-0.1, -0.05) is 18.6 Å². The maximum absolute atomic E-state index is 17.8. The number of allylic oxidation sites excluding steroid dienone is 4. The molecule has 4 rings (SSSR count). The van der Waals surface area contributed by atoms with Crippen LogP contribution in [0.15, 0.2) is 23.8 Å². The summed E-state index contributed by atoms with van der Waals surface area (Å²) in [7, 11) is 1.19. The number of esters is 3. The monoisotopic (exact) mass is 504 g/mol. The normalized spacial score (nSPS) is 40.8. The number of carbonyl (C=O) groups is 5. The first-order chi connectivity index (χ1) is 16.8. The summed E-state index contributed by atoms with van der Waals surface area (Å²) in [5, 5.41) is 0. The number of fused-ring (bicyclic) bond motifs is 5. The summed E-state index contributed by atoms with van der Waals surface area (Å²) in [6.07, 6.45) is 5.60. The van der Waals surface area contributed by atoms with E-state index < -0.39 is 70.2 Å². The number of hydrogen-bond acceptors (Lipinski definition) is 8. The molecule has 3 fully saturated rings. The zero-order chi connectivity index (χ0) is 26.7. The van der Waals surface area contributed by atoms with Crippen molar-refractivity contribution in [3.05, 3.63) is 23.8 Å². The van der Waals surface area contributed by atoms with Crippen molar-refractivity contribution < 1.29 is 42.6 Å². The van der Waals surface area contributed by atoms with Crippen molar-refractivity contribution in [2.75, 3.05) is 13.7 Å². The van der Waals surface area contributed by atoms with Crippen LogP contribution in [0.25, 0.3) is 0 Å². The van der Waals surface area contributed by atoms with Crippen molar-refractivity contribution in [3.8, 4) is 0 Å². The van der Waals surface area contributed by atoms with Gasteiger partial charge in [-0.3, -0.25) is 24.0 Å². The van der Waals surface area contributed by atoms with Crippen molar-refractivity contribution in [1.29, 1.82) is 0 Å². The lowest BCUT2D eigenvalue weighted by Crippen LogP contribution is -2.69. The van der Waals surface area contributed by atoms with Crippen molar-refractivity contribution >= 4 is 29.5 Å². The number of ketones is 2. The fraction of sp³-hybridized carbons (Fsp3) is 0.667. The molecule has 0 heterocycles. The second kappa shape index (κ2) is 8.63. The topological polar surface area (TPSA) is 113 Å². The molecule has 9 heteroatoms. The van der Waals surface area contributed by atoms with Crippen LogP contribution >= 0.6 is 0 Å². The Bertz CT molecular complexity index is 1090. The van der Waals surface area contributed by atoms with E-state index in [1.807, 2.05) is 0 Å². The van der Waals surface area contributed by atoms with Gasteiger partial charge in [-0.2, -0.15) is 0 Å². The summed E-state index contributed by atoms with van der Waals surface area (Å²) in [4.78, 5) is 62.6. The Kier molecular flexibility index (Phi) is 6.29. The molecule has 4 aliphatic rings. The maximum Gasteiger partial charge on any atom is 0.311 e. The molecule has 8 nitrogen and oxygen atoms in total. The standard InChI is InChI=1S/C27H33FO8/c1-15(29)35-14-22(32)26(36-16(2)30)11-9-19-20-7-6-17-12-18(31)8-10-24(17,3)27(20,28)21(23(33)34-5)13-25(19,26)4/h8,10,12,19-21H,6-7,9,11,13-14H2,1-5H3/t19-,20+,21-,24-,25-,26-,27-/m0/s1. The molecule has 0 bridgehead atoms. The quantitative estimate of drug-likeness (QED) is 0.414. The molecule has 0 unspecified atom stereocenters. The minimum absolute atomic E-state index is 0.110. The Balaban J connectivity index is 1.87. The van der Waals surface area contributed by atoms with Gasteiger partial charge < -0.3 is 14.2 Å². The molecule has 196 valence electrons. The fourth-order valence-corrected chi connectivity index (χ4v) is 7.86. The minimum atomic E-state index is -2.09. The Morgan fingerprint density at radius 3 is 2.39 bits per heavy atom. The lowest BCUT2D eigenvalue weighted by molar-refractivity contribution is -0.216. The molecule has 3 saturated carbocycles. The summed E-state index contributed by atoms with van der Waals surface area (Å²) in [6, 6.07) is 0. The third kappa shape index (κ3) is 3.41. The van der Waals surface area contributed by atoms with Crippen LogP contribution in [0.3, 0.4) is 0 Å². The first-order valence-corrected chi connectivity index (χ1v) is 12.3. The van der Waals surface area contributed by atoms with E-state index in [4.69, 9.17) is 14.2 Å². The average Bonchev–Trinajstić information content (AvgIpc) is 3.09. The molecule has 0 radical (unpaired) electrons. The van der Waals surface area contributed by atoms with Crippen molar-refractivity contribution in [2.45, 2.75) is 71.1 Å². The third-order valence-electron chi connectivity index (χ3n) is 9.45. The molecule has 4 aliphatic carbocycles. The molecule has 0 aromatic heterocycles. The smallest absolute Gasteiger partial charge is 0.311 e. The first kappa shape index (κ1) is 26.2. The Morgan fingerprint density at radius 1 is 1.08 bits per heavy atom. The zero-order valence-corrected chi connectivity index (χ0v) is 21.4. The van der Waals surface area contributed by atoms with E-state index in [0.29, 0.717) is 24.8 Å². The van der Waals surface area contributed by atoms with Crippen LogP contribution in [-0.4, -0.2) is 54.5 Å². The van der Waals surface area contributed by atoms with Crippen LogP contribution < -0.4 is 0 Å². The van der Waals surface area contributed by atoms with Crippen LogP contribution in [0.5, 0.6) is 0 Å². The predicted octanol–water partition coefficient (Wildman–Crippen LogP) is 3.22. The van der Waals surface area contributed by atoms with Crippen LogP contribution in [0, 0.1) is 28.6 Å². The summed E-state index contributed by atoms with van der Waals surface area (Å²) < 4.78 is 33.6. The highest BCUT2D eigenvalue weighted by Gasteiger charge is 2.76. The minimum Gasteiger partial charge on any atom is -0.469 e. The number of carbonyl (C=O) groups excluding carboxylic acids is 5. The van der Waals surface area contributed by atoms with Crippen LogP contribution in [0.4, 0.5) is 4.39 Å². The molecule has 0 aromatic carbocycles. The van der Waals surface area contributed by atoms with Crippen LogP contribution in [0.2, 0.25) is 0 Å². The Hall–Kier alpha value is -2.84. The predicted molar refractivity (Wildman–Crippen MR) is 124 cm³/mol. The highest BCUT2D eigenvalue weighted by atomic mass is 19.1. The van der Waals surface area contributed by atoms with Gasteiger partial charge in [-0.25, -0.2) is 4.39 Å². The van der Waals surface area contributed by atoms with Gasteiger partial charge in [0.2, 0.25) is 5.78 Å². The van der Waals surface area contributed by atoms with Gasteiger partial charge in [0.15, 0.2) is 18.0 Å². The molecular weight excluding hydrogens is 471 g/mol. The van der Waals surface area contributed by atoms with Gasteiger partial charge in [-0.05, 0) is 63.0 Å². The molecule has 0 aromatic rings. The molecular formula is C27H33FO8. The van der Waals surface area contributed by atoms with E-state index in [1.165, 1.54) is 33.1 Å². The lowest BCUT2D eigenvalue weighted by Gasteiger charge is -2.63. The molecule has 0 saturated heterocycles. The third-order valence-corrected chi connectivity index (χ3v) is 9.45. The second-order valence-electron chi connectivity index (χ2n) is 11.0. The van der Waals surface area contributed by atoms with Crippen molar-refractivity contribution in [2.24, 2.45) is 28.6 Å². The Morgan fingerprint density at radius 2 is 1.78 bits per heavy atom. The molecule has 0 N–H and O–H groups in total. The molecule has 36 heavy (non-hydrogen) atoms. The number of halogens is 1. The highest BCUT2D eigenvalue weighted by molar-refractivity contribution is 6.01. The van der Waals surface area contributed by atoms with Gasteiger partial charge in [-0.15, -0.1) is 0 Å². The van der Waals surface area contributed by atoms with E-state index in [9.17, 15) is 24.0 Å². The summed E-state index contributed by atoms with van der Waals surface area (Å²) in [5.74, 6) is -5.26. The van der Waals surface area contributed by atoms with Crippen LogP contribution in [-0.2, 0) is 38.2 Å². The van der Waals surface area contributed by atoms with Gasteiger partial charge in [0.1, 0.15) is 5.67 Å². The van der Waals surface area contributed by atoms with Gasteiger partial charge in [0, 0.05) is 24.7 Å². The number of rotatable bonds is 5. The number of Topliss-reactive ketones (excluding diaryl/α,β-unsaturated/α-hetero) is 1. The fourth-order valence-electron chi connectivity index (χ4n) is 7.86.